The first-order valence-electron chi connectivity index (χ1n) is 5.59. The molecule has 0 bridgehead atoms. The molecule has 0 aliphatic rings. The molecule has 0 aliphatic heterocycles. The van der Waals surface area contributed by atoms with Crippen LogP contribution in [0.5, 0.6) is 0 Å². The van der Waals surface area contributed by atoms with Gasteiger partial charge in [0.05, 0.1) is 0 Å². The molecule has 0 amide bonds. The third-order valence-corrected chi connectivity index (χ3v) is 3.37. The van der Waals surface area contributed by atoms with E-state index in [1.807, 2.05) is 11.8 Å². The van der Waals surface area contributed by atoms with Gasteiger partial charge in [-0.25, -0.2) is 0 Å². The lowest BCUT2D eigenvalue weighted by molar-refractivity contribution is 0.523. The third-order valence-electron chi connectivity index (χ3n) is 2.03. The predicted molar refractivity (Wildman–Crippen MR) is 67.8 cm³/mol. The molecule has 0 spiro atoms. The summed E-state index contributed by atoms with van der Waals surface area (Å²) in [5, 5.41) is 3.51. The summed E-state index contributed by atoms with van der Waals surface area (Å²) in [6, 6.07) is 0.657. The van der Waals surface area contributed by atoms with E-state index in [2.05, 4.69) is 25.1 Å². The summed E-state index contributed by atoms with van der Waals surface area (Å²) >= 11 is 2.05. The number of terminal acetylenes is 1. The van der Waals surface area contributed by atoms with E-state index in [1.54, 1.807) is 0 Å². The van der Waals surface area contributed by atoms with Crippen molar-refractivity contribution in [3.63, 3.8) is 0 Å². The fraction of sp³-hybridized carbons (Fsp3) is 0.833. The van der Waals surface area contributed by atoms with Crippen molar-refractivity contribution >= 4 is 11.8 Å². The number of rotatable bonds is 9. The number of hydrogen-bond acceptors (Lipinski definition) is 2. The Morgan fingerprint density at radius 2 is 2.21 bits per heavy atom. The van der Waals surface area contributed by atoms with E-state index in [0.29, 0.717) is 6.04 Å². The molecule has 0 aromatic heterocycles. The number of unbranched alkanes of at least 4 members (excludes halogenated alkanes) is 1. The Morgan fingerprint density at radius 1 is 1.43 bits per heavy atom. The Kier molecular flexibility index (Phi) is 10.8. The molecule has 0 rings (SSSR count). The van der Waals surface area contributed by atoms with Gasteiger partial charge in [-0.15, -0.1) is 12.3 Å². The normalized spacial score (nSPS) is 12.4. The molecule has 0 fully saturated rings. The van der Waals surface area contributed by atoms with Crippen LogP contribution < -0.4 is 5.32 Å². The highest BCUT2D eigenvalue weighted by atomic mass is 32.2. The highest BCUT2D eigenvalue weighted by molar-refractivity contribution is 7.99. The molecule has 0 heterocycles. The molecule has 2 heteroatoms. The van der Waals surface area contributed by atoms with E-state index in [4.69, 9.17) is 6.42 Å². The maximum absolute atomic E-state index is 5.23. The molecule has 0 aliphatic carbocycles. The minimum absolute atomic E-state index is 0.657. The highest BCUT2D eigenvalue weighted by Crippen LogP contribution is 2.09. The van der Waals surface area contributed by atoms with Crippen molar-refractivity contribution in [1.29, 1.82) is 0 Å². The highest BCUT2D eigenvalue weighted by Gasteiger charge is 2.05. The summed E-state index contributed by atoms with van der Waals surface area (Å²) in [6.07, 6.45) is 9.79. The van der Waals surface area contributed by atoms with E-state index < -0.39 is 0 Å². The van der Waals surface area contributed by atoms with Gasteiger partial charge in [0, 0.05) is 18.2 Å². The average Bonchev–Trinajstić information content (AvgIpc) is 2.18. The summed E-state index contributed by atoms with van der Waals surface area (Å²) in [6.45, 7) is 5.46. The van der Waals surface area contributed by atoms with Gasteiger partial charge in [0.15, 0.2) is 0 Å². The number of nitrogens with one attached hydrogen (secondary N) is 1. The molecule has 0 radical (unpaired) electrons. The van der Waals surface area contributed by atoms with Crippen LogP contribution in [-0.4, -0.2) is 24.1 Å². The van der Waals surface area contributed by atoms with E-state index in [9.17, 15) is 0 Å². The molecule has 0 saturated heterocycles. The average molecular weight is 213 g/mol. The van der Waals surface area contributed by atoms with Gasteiger partial charge in [-0.2, -0.15) is 11.8 Å². The first-order chi connectivity index (χ1) is 6.85. The maximum Gasteiger partial charge on any atom is 0.0158 e. The van der Waals surface area contributed by atoms with Gasteiger partial charge in [-0.05, 0) is 31.6 Å². The van der Waals surface area contributed by atoms with E-state index in [0.717, 1.165) is 19.4 Å². The van der Waals surface area contributed by atoms with Crippen LogP contribution >= 0.6 is 11.8 Å². The number of thioether (sulfide) groups is 1. The lowest BCUT2D eigenvalue weighted by atomic mass is 10.1. The Labute approximate surface area is 93.4 Å². The van der Waals surface area contributed by atoms with Gasteiger partial charge >= 0.3 is 0 Å². The van der Waals surface area contributed by atoms with Gasteiger partial charge in [0.1, 0.15) is 0 Å². The summed E-state index contributed by atoms with van der Waals surface area (Å²) in [5.41, 5.74) is 0. The van der Waals surface area contributed by atoms with Crippen LogP contribution in [0, 0.1) is 12.3 Å². The second-order valence-electron chi connectivity index (χ2n) is 3.43. The van der Waals surface area contributed by atoms with Gasteiger partial charge < -0.3 is 5.32 Å². The van der Waals surface area contributed by atoms with Crippen LogP contribution in [0.3, 0.4) is 0 Å². The van der Waals surface area contributed by atoms with Crippen molar-refractivity contribution in [3.8, 4) is 12.3 Å². The lowest BCUT2D eigenvalue weighted by Crippen LogP contribution is -2.31. The predicted octanol–water partition coefficient (Wildman–Crippen LogP) is 2.91. The van der Waals surface area contributed by atoms with Crippen molar-refractivity contribution in [1.82, 2.24) is 5.32 Å². The molecule has 1 nitrogen and oxygen atoms in total. The second-order valence-corrected chi connectivity index (χ2v) is 4.58. The Morgan fingerprint density at radius 3 is 2.79 bits per heavy atom. The fourth-order valence-electron chi connectivity index (χ4n) is 1.35. The number of hydrogen-bond donors (Lipinski definition) is 1. The first-order valence-corrected chi connectivity index (χ1v) is 6.75. The van der Waals surface area contributed by atoms with Crippen LogP contribution in [0.2, 0.25) is 0 Å². The molecule has 0 aromatic rings. The zero-order valence-electron chi connectivity index (χ0n) is 9.51. The molecule has 14 heavy (non-hydrogen) atoms. The topological polar surface area (TPSA) is 12.0 Å². The summed E-state index contributed by atoms with van der Waals surface area (Å²) < 4.78 is 0. The van der Waals surface area contributed by atoms with Crippen LogP contribution in [0.15, 0.2) is 0 Å². The first kappa shape index (κ1) is 13.9. The largest absolute Gasteiger partial charge is 0.313 e. The quantitative estimate of drug-likeness (QED) is 0.467. The SMILES string of the molecule is C#CCCCC(CSCCC)NCC. The molecule has 1 atom stereocenters. The molecule has 0 aromatic carbocycles. The smallest absolute Gasteiger partial charge is 0.0158 e. The Bertz CT molecular complexity index is 151. The molecular weight excluding hydrogens is 190 g/mol. The van der Waals surface area contributed by atoms with E-state index in [-0.39, 0.29) is 0 Å². The summed E-state index contributed by atoms with van der Waals surface area (Å²) in [4.78, 5) is 0. The summed E-state index contributed by atoms with van der Waals surface area (Å²) in [7, 11) is 0. The fourth-order valence-corrected chi connectivity index (χ4v) is 2.38. The van der Waals surface area contributed by atoms with E-state index in [1.165, 1.54) is 24.3 Å². The maximum atomic E-state index is 5.23. The van der Waals surface area contributed by atoms with Gasteiger partial charge in [0.25, 0.3) is 0 Å². The van der Waals surface area contributed by atoms with Crippen LogP contribution in [0.4, 0.5) is 0 Å². The minimum Gasteiger partial charge on any atom is -0.313 e. The molecule has 1 unspecified atom stereocenters. The molecule has 82 valence electrons. The van der Waals surface area contributed by atoms with E-state index >= 15 is 0 Å². The third kappa shape index (κ3) is 8.47. The monoisotopic (exact) mass is 213 g/mol. The Hall–Kier alpha value is -0.130. The van der Waals surface area contributed by atoms with Gasteiger partial charge in [-0.3, -0.25) is 0 Å². The molecule has 1 N–H and O–H groups in total. The van der Waals surface area contributed by atoms with Crippen molar-refractivity contribution in [2.75, 3.05) is 18.1 Å². The zero-order valence-corrected chi connectivity index (χ0v) is 10.3. The minimum atomic E-state index is 0.657. The Balaban J connectivity index is 3.50. The van der Waals surface area contributed by atoms with Crippen molar-refractivity contribution in [3.05, 3.63) is 0 Å². The van der Waals surface area contributed by atoms with Gasteiger partial charge in [-0.1, -0.05) is 13.8 Å². The molecular formula is C12H23NS. The van der Waals surface area contributed by atoms with Crippen LogP contribution in [0.25, 0.3) is 0 Å². The summed E-state index contributed by atoms with van der Waals surface area (Å²) in [5.74, 6) is 5.20. The standard InChI is InChI=1S/C12H23NS/c1-4-7-8-9-12(13-6-3)11-14-10-5-2/h1,12-13H,5-11H2,2-3H3. The van der Waals surface area contributed by atoms with Crippen LogP contribution in [-0.2, 0) is 0 Å². The molecule has 0 saturated carbocycles. The van der Waals surface area contributed by atoms with Crippen LogP contribution in [0.1, 0.15) is 39.5 Å². The van der Waals surface area contributed by atoms with Crippen molar-refractivity contribution < 1.29 is 0 Å². The van der Waals surface area contributed by atoms with Crippen molar-refractivity contribution in [2.24, 2.45) is 0 Å². The van der Waals surface area contributed by atoms with Gasteiger partial charge in [0.2, 0.25) is 0 Å². The zero-order chi connectivity index (χ0) is 10.6. The van der Waals surface area contributed by atoms with Crippen molar-refractivity contribution in [2.45, 2.75) is 45.6 Å². The second kappa shape index (κ2) is 10.9. The lowest BCUT2D eigenvalue weighted by Gasteiger charge is -2.16.